The fourth-order valence-electron chi connectivity index (χ4n) is 5.64. The normalized spacial score (nSPS) is 14.7. The summed E-state index contributed by atoms with van der Waals surface area (Å²) >= 11 is 0. The molecule has 0 unspecified atom stereocenters. The van der Waals surface area contributed by atoms with Gasteiger partial charge >= 0.3 is 0 Å². The van der Waals surface area contributed by atoms with E-state index in [1.165, 1.54) is 0 Å². The van der Waals surface area contributed by atoms with Gasteiger partial charge in [-0.1, -0.05) is 115 Å². The molecule has 210 valence electrons. The lowest BCUT2D eigenvalue weighted by atomic mass is 10.00. The highest BCUT2D eigenvalue weighted by Gasteiger charge is 2.15. The molecule has 0 saturated carbocycles. The smallest absolute Gasteiger partial charge is 0.164 e. The van der Waals surface area contributed by atoms with E-state index < -0.39 is 48.3 Å². The van der Waals surface area contributed by atoms with Gasteiger partial charge in [0, 0.05) is 27.5 Å². The van der Waals surface area contributed by atoms with Gasteiger partial charge in [0.25, 0.3) is 0 Å². The second-order valence-electron chi connectivity index (χ2n) is 10.6. The minimum Gasteiger partial charge on any atom is -0.456 e. The van der Waals surface area contributed by atoms with E-state index in [4.69, 9.17) is 23.1 Å². The molecule has 0 spiro atoms. The van der Waals surface area contributed by atoms with Crippen molar-refractivity contribution in [1.29, 1.82) is 0 Å². The van der Waals surface area contributed by atoms with Gasteiger partial charge in [-0.25, -0.2) is 15.0 Å². The Bertz CT molecular complexity index is 3070. The molecule has 9 rings (SSSR count). The molecule has 0 radical (unpaired) electrons. The standard InChI is InChI=1S/C41H25N3O/c1-3-9-26(10-4-1)31-17-15-27-16-18-32(22-34(27)21-31)40-42-39(28-11-5-2-6-12-28)43-41(44-40)33-19-20-35-36-23-29-13-7-8-14-30(29)24-38(36)45-37(35)25-33/h1-25H/i1D,2D,3D,4D,5D,6D,9D,10D,11D,12D. The van der Waals surface area contributed by atoms with Crippen LogP contribution in [0.15, 0.2) is 156 Å². The summed E-state index contributed by atoms with van der Waals surface area (Å²) in [7, 11) is 0. The highest BCUT2D eigenvalue weighted by Crippen LogP contribution is 2.35. The number of hydrogen-bond donors (Lipinski definition) is 0. The number of nitrogens with zero attached hydrogens (tertiary/aromatic N) is 3. The quantitative estimate of drug-likeness (QED) is 0.206. The molecule has 0 aliphatic heterocycles. The lowest BCUT2D eigenvalue weighted by molar-refractivity contribution is 0.669. The lowest BCUT2D eigenvalue weighted by Gasteiger charge is -2.10. The monoisotopic (exact) mass is 585 g/mol. The highest BCUT2D eigenvalue weighted by atomic mass is 16.3. The van der Waals surface area contributed by atoms with Crippen molar-refractivity contribution in [1.82, 2.24) is 15.0 Å². The van der Waals surface area contributed by atoms with Crippen molar-refractivity contribution in [3.63, 3.8) is 0 Å². The first kappa shape index (κ1) is 17.2. The highest BCUT2D eigenvalue weighted by molar-refractivity contribution is 6.10. The molecular formula is C41H25N3O. The first-order chi connectivity index (χ1) is 26.4. The van der Waals surface area contributed by atoms with Gasteiger partial charge in [-0.15, -0.1) is 0 Å². The molecule has 9 aromatic rings. The SMILES string of the molecule is [2H]c1c([2H])c([2H])c(-c2ccc3ccc(-c4nc(-c5ccc6c(c5)oc5cc7ccccc7cc56)nc(-c5c([2H])c([2H])c([2H])c([2H])c5[2H])n4)cc3c2)c([2H])c1[2H]. The van der Waals surface area contributed by atoms with Crippen molar-refractivity contribution in [2.45, 2.75) is 0 Å². The van der Waals surface area contributed by atoms with Crippen molar-refractivity contribution in [3.8, 4) is 45.3 Å². The van der Waals surface area contributed by atoms with Crippen molar-refractivity contribution < 1.29 is 18.1 Å². The van der Waals surface area contributed by atoms with Crippen LogP contribution in [0.3, 0.4) is 0 Å². The van der Waals surface area contributed by atoms with Crippen LogP contribution in [0.1, 0.15) is 13.7 Å². The Morgan fingerprint density at radius 2 is 0.956 bits per heavy atom. The molecule has 2 aromatic heterocycles. The van der Waals surface area contributed by atoms with E-state index in [2.05, 4.69) is 16.0 Å². The summed E-state index contributed by atoms with van der Waals surface area (Å²) < 4.78 is 89.7. The molecule has 45 heavy (non-hydrogen) atoms. The molecule has 4 heteroatoms. The van der Waals surface area contributed by atoms with Gasteiger partial charge in [-0.2, -0.15) is 0 Å². The maximum Gasteiger partial charge on any atom is 0.164 e. The number of benzene rings is 7. The first-order valence-corrected chi connectivity index (χ1v) is 14.2. The topological polar surface area (TPSA) is 51.8 Å². The van der Waals surface area contributed by atoms with E-state index in [1.54, 1.807) is 36.4 Å². The van der Waals surface area contributed by atoms with Crippen LogP contribution in [-0.4, -0.2) is 15.0 Å². The largest absolute Gasteiger partial charge is 0.456 e. The molecule has 7 aromatic carbocycles. The third-order valence-corrected chi connectivity index (χ3v) is 7.84. The molecular weight excluding hydrogens is 550 g/mol. The fraction of sp³-hybridized carbons (Fsp3) is 0. The Balaban J connectivity index is 1.24. The van der Waals surface area contributed by atoms with Crippen LogP contribution < -0.4 is 0 Å². The van der Waals surface area contributed by atoms with Gasteiger partial charge in [-0.3, -0.25) is 0 Å². The van der Waals surface area contributed by atoms with Gasteiger partial charge in [0.1, 0.15) is 11.2 Å². The zero-order valence-corrected chi connectivity index (χ0v) is 23.4. The molecule has 0 saturated heterocycles. The minimum atomic E-state index is -0.541. The number of hydrogen-bond acceptors (Lipinski definition) is 4. The predicted molar refractivity (Wildman–Crippen MR) is 184 cm³/mol. The predicted octanol–water partition coefficient (Wildman–Crippen LogP) is 10.7. The maximum atomic E-state index is 8.69. The summed E-state index contributed by atoms with van der Waals surface area (Å²) in [6.07, 6.45) is 0. The van der Waals surface area contributed by atoms with Crippen molar-refractivity contribution in [2.75, 3.05) is 0 Å². The summed E-state index contributed by atoms with van der Waals surface area (Å²) in [5.74, 6) is 0.200. The van der Waals surface area contributed by atoms with Crippen LogP contribution in [0.25, 0.3) is 88.8 Å². The Hall–Kier alpha value is -6.13. The fourth-order valence-corrected chi connectivity index (χ4v) is 5.64. The zero-order chi connectivity index (χ0) is 38.4. The Kier molecular flexibility index (Phi) is 3.93. The summed E-state index contributed by atoms with van der Waals surface area (Å²) in [5.41, 5.74) is 2.64. The molecule has 0 atom stereocenters. The van der Waals surface area contributed by atoms with E-state index in [0.717, 1.165) is 26.9 Å². The molecule has 0 fully saturated rings. The van der Waals surface area contributed by atoms with E-state index in [1.807, 2.05) is 48.5 Å². The van der Waals surface area contributed by atoms with Crippen LogP contribution in [-0.2, 0) is 0 Å². The molecule has 0 amide bonds. The van der Waals surface area contributed by atoms with Gasteiger partial charge in [0.15, 0.2) is 17.5 Å². The number of furan rings is 1. The molecule has 4 nitrogen and oxygen atoms in total. The van der Waals surface area contributed by atoms with Crippen LogP contribution >= 0.6 is 0 Å². The molecule has 0 N–H and O–H groups in total. The van der Waals surface area contributed by atoms with Gasteiger partial charge in [0.05, 0.1) is 13.7 Å². The number of aromatic nitrogens is 3. The second-order valence-corrected chi connectivity index (χ2v) is 10.6. The van der Waals surface area contributed by atoms with E-state index in [9.17, 15) is 0 Å². The molecule has 0 aliphatic rings. The van der Waals surface area contributed by atoms with Crippen molar-refractivity contribution in [3.05, 3.63) is 151 Å². The second kappa shape index (κ2) is 10.2. The summed E-state index contributed by atoms with van der Waals surface area (Å²) in [6.45, 7) is 0. The van der Waals surface area contributed by atoms with Crippen LogP contribution in [0, 0.1) is 0 Å². The van der Waals surface area contributed by atoms with Gasteiger partial charge in [-0.05, 0) is 69.1 Å². The Labute approximate surface area is 273 Å². The maximum absolute atomic E-state index is 8.69. The minimum absolute atomic E-state index is 0.0679. The van der Waals surface area contributed by atoms with Crippen LogP contribution in [0.4, 0.5) is 0 Å². The summed E-state index contributed by atoms with van der Waals surface area (Å²) in [5, 5.41) is 5.38. The summed E-state index contributed by atoms with van der Waals surface area (Å²) in [4.78, 5) is 14.2. The molecule has 0 aliphatic carbocycles. The average molecular weight is 586 g/mol. The average Bonchev–Trinajstić information content (AvgIpc) is 3.56. The number of rotatable bonds is 4. The van der Waals surface area contributed by atoms with Crippen molar-refractivity contribution >= 4 is 43.5 Å². The Morgan fingerprint density at radius 1 is 0.400 bits per heavy atom. The lowest BCUT2D eigenvalue weighted by Crippen LogP contribution is -2.00. The zero-order valence-electron chi connectivity index (χ0n) is 33.4. The van der Waals surface area contributed by atoms with Gasteiger partial charge in [0.2, 0.25) is 0 Å². The molecule has 0 bridgehead atoms. The Morgan fingerprint density at radius 3 is 1.69 bits per heavy atom. The van der Waals surface area contributed by atoms with E-state index in [-0.39, 0.29) is 40.7 Å². The van der Waals surface area contributed by atoms with Crippen LogP contribution in [0.5, 0.6) is 0 Å². The first-order valence-electron chi connectivity index (χ1n) is 19.2. The molecule has 2 heterocycles. The van der Waals surface area contributed by atoms with E-state index >= 15 is 0 Å². The van der Waals surface area contributed by atoms with E-state index in [0.29, 0.717) is 33.2 Å². The summed E-state index contributed by atoms with van der Waals surface area (Å²) in [6, 6.07) is 23.7. The third-order valence-electron chi connectivity index (χ3n) is 7.84. The number of fused-ring (bicyclic) bond motifs is 5. The van der Waals surface area contributed by atoms with Crippen LogP contribution in [0.2, 0.25) is 0 Å². The van der Waals surface area contributed by atoms with Gasteiger partial charge < -0.3 is 4.42 Å². The third kappa shape index (κ3) is 4.52. The van der Waals surface area contributed by atoms with Crippen molar-refractivity contribution in [2.24, 2.45) is 0 Å².